The summed E-state index contributed by atoms with van der Waals surface area (Å²) in [4.78, 5) is 0. The maximum Gasteiger partial charge on any atom is 0.184 e. The zero-order chi connectivity index (χ0) is 15.4. The predicted molar refractivity (Wildman–Crippen MR) is 72.2 cm³/mol. The molecule has 0 radical (unpaired) electrons. The van der Waals surface area contributed by atoms with E-state index in [2.05, 4.69) is 17.2 Å². The van der Waals surface area contributed by atoms with Gasteiger partial charge in [0.1, 0.15) is 24.4 Å². The number of hydrogen-bond donors (Lipinski definition) is 4. The first-order valence-corrected chi connectivity index (χ1v) is 7.29. The summed E-state index contributed by atoms with van der Waals surface area (Å²) >= 11 is 0. The summed E-state index contributed by atoms with van der Waals surface area (Å²) < 4.78 is 6.61. The molecule has 1 aliphatic rings. The van der Waals surface area contributed by atoms with Crippen molar-refractivity contribution in [3.05, 3.63) is 11.9 Å². The van der Waals surface area contributed by atoms with Crippen LogP contribution in [0.3, 0.4) is 0 Å². The van der Waals surface area contributed by atoms with Crippen LogP contribution in [0.25, 0.3) is 0 Å². The number of unbranched alkanes of at least 4 members (excludes halogenated alkanes) is 2. The van der Waals surface area contributed by atoms with E-state index in [1.807, 2.05) is 0 Å². The summed E-state index contributed by atoms with van der Waals surface area (Å²) in [6.07, 6.45) is -0.742. The fourth-order valence-corrected chi connectivity index (χ4v) is 2.36. The molecule has 2 rings (SSSR count). The van der Waals surface area contributed by atoms with E-state index in [1.54, 1.807) is 6.20 Å². The molecule has 21 heavy (non-hydrogen) atoms. The highest BCUT2D eigenvalue weighted by molar-refractivity contribution is 4.94. The minimum atomic E-state index is -1.53. The van der Waals surface area contributed by atoms with E-state index < -0.39 is 30.7 Å². The van der Waals surface area contributed by atoms with E-state index >= 15 is 0 Å². The Morgan fingerprint density at radius 2 is 1.90 bits per heavy atom. The highest BCUT2D eigenvalue weighted by atomic mass is 16.6. The molecule has 1 unspecified atom stereocenters. The Labute approximate surface area is 123 Å². The summed E-state index contributed by atoms with van der Waals surface area (Å²) in [5.41, 5.74) is 0.856. The van der Waals surface area contributed by atoms with Crippen molar-refractivity contribution in [3.63, 3.8) is 0 Å². The molecule has 0 aromatic carbocycles. The van der Waals surface area contributed by atoms with E-state index in [1.165, 1.54) is 4.68 Å². The van der Waals surface area contributed by atoms with Crippen molar-refractivity contribution in [3.8, 4) is 0 Å². The smallest absolute Gasteiger partial charge is 0.184 e. The van der Waals surface area contributed by atoms with Crippen molar-refractivity contribution in [1.29, 1.82) is 0 Å². The second kappa shape index (κ2) is 7.28. The highest BCUT2D eigenvalue weighted by Gasteiger charge is 2.43. The first kappa shape index (κ1) is 16.3. The standard InChI is InChI=1S/C13H23N3O5/c1-2-3-4-5-8-6-16(15-14-8)7-9-10(17)11(18)12(19)13(20)21-9/h6,9-13,17-20H,2-5,7H2,1H3/t9-,10-,11+,12-,13?/m1/s1. The van der Waals surface area contributed by atoms with Gasteiger partial charge < -0.3 is 25.2 Å². The van der Waals surface area contributed by atoms with Gasteiger partial charge in [0.25, 0.3) is 0 Å². The zero-order valence-corrected chi connectivity index (χ0v) is 12.0. The first-order chi connectivity index (χ1) is 10.0. The second-order valence-corrected chi connectivity index (χ2v) is 5.43. The van der Waals surface area contributed by atoms with E-state index in [9.17, 15) is 20.4 Å². The molecule has 120 valence electrons. The zero-order valence-electron chi connectivity index (χ0n) is 12.0. The monoisotopic (exact) mass is 301 g/mol. The third-order valence-corrected chi connectivity index (χ3v) is 3.68. The molecule has 8 nitrogen and oxygen atoms in total. The van der Waals surface area contributed by atoms with E-state index in [4.69, 9.17) is 4.74 Å². The number of hydrogen-bond acceptors (Lipinski definition) is 7. The maximum atomic E-state index is 9.86. The Kier molecular flexibility index (Phi) is 5.65. The molecule has 1 saturated heterocycles. The third-order valence-electron chi connectivity index (χ3n) is 3.68. The van der Waals surface area contributed by atoms with Crippen LogP contribution in [0.4, 0.5) is 0 Å². The third kappa shape index (κ3) is 3.98. The van der Waals surface area contributed by atoms with Gasteiger partial charge >= 0.3 is 0 Å². The van der Waals surface area contributed by atoms with Gasteiger partial charge in [-0.05, 0) is 12.8 Å². The van der Waals surface area contributed by atoms with Crippen LogP contribution in [0.1, 0.15) is 31.9 Å². The maximum absolute atomic E-state index is 9.86. The predicted octanol–water partition coefficient (Wildman–Crippen LogP) is -1.19. The second-order valence-electron chi connectivity index (χ2n) is 5.43. The Morgan fingerprint density at radius 1 is 1.14 bits per heavy atom. The number of ether oxygens (including phenoxy) is 1. The van der Waals surface area contributed by atoms with E-state index in [0.29, 0.717) is 0 Å². The lowest BCUT2D eigenvalue weighted by atomic mass is 9.99. The summed E-state index contributed by atoms with van der Waals surface area (Å²) in [7, 11) is 0. The van der Waals surface area contributed by atoms with Crippen LogP contribution in [-0.4, -0.2) is 66.1 Å². The number of rotatable bonds is 6. The van der Waals surface area contributed by atoms with Crippen molar-refractivity contribution in [2.24, 2.45) is 0 Å². The Balaban J connectivity index is 1.92. The molecule has 2 heterocycles. The summed E-state index contributed by atoms with van der Waals surface area (Å²) in [5.74, 6) is 0. The molecule has 4 N–H and O–H groups in total. The van der Waals surface area contributed by atoms with Gasteiger partial charge in [-0.15, -0.1) is 5.10 Å². The topological polar surface area (TPSA) is 121 Å². The number of aliphatic hydroxyl groups excluding tert-OH is 4. The van der Waals surface area contributed by atoms with E-state index in [-0.39, 0.29) is 6.54 Å². The number of aromatic nitrogens is 3. The van der Waals surface area contributed by atoms with Crippen molar-refractivity contribution in [1.82, 2.24) is 15.0 Å². The lowest BCUT2D eigenvalue weighted by molar-refractivity contribution is -0.284. The summed E-state index contributed by atoms with van der Waals surface area (Å²) in [6, 6.07) is 0. The lowest BCUT2D eigenvalue weighted by Crippen LogP contribution is -2.58. The Bertz CT molecular complexity index is 441. The molecule has 1 aliphatic heterocycles. The molecule has 0 bridgehead atoms. The normalized spacial score (nSPS) is 33.3. The summed E-state index contributed by atoms with van der Waals surface area (Å²) in [5, 5.41) is 46.3. The van der Waals surface area contributed by atoms with Gasteiger partial charge in [-0.2, -0.15) is 0 Å². The van der Waals surface area contributed by atoms with Crippen LogP contribution in [0.15, 0.2) is 6.20 Å². The summed E-state index contributed by atoms with van der Waals surface area (Å²) in [6.45, 7) is 2.27. The molecule has 0 spiro atoms. The van der Waals surface area contributed by atoms with Crippen molar-refractivity contribution >= 4 is 0 Å². The van der Waals surface area contributed by atoms with Gasteiger partial charge in [-0.25, -0.2) is 4.68 Å². The Hall–Kier alpha value is -1.06. The van der Waals surface area contributed by atoms with Crippen LogP contribution in [0.5, 0.6) is 0 Å². The van der Waals surface area contributed by atoms with Gasteiger partial charge in [-0.3, -0.25) is 0 Å². The average Bonchev–Trinajstić information content (AvgIpc) is 2.90. The largest absolute Gasteiger partial charge is 0.388 e. The Morgan fingerprint density at radius 3 is 2.62 bits per heavy atom. The first-order valence-electron chi connectivity index (χ1n) is 7.29. The SMILES string of the molecule is CCCCCc1cn(C[C@H]2OC(O)[C@H](O)[C@@H](O)[C@@H]2O)nn1. The molecule has 1 fully saturated rings. The molecule has 8 heteroatoms. The van der Waals surface area contributed by atoms with Crippen LogP contribution in [-0.2, 0) is 17.7 Å². The fourth-order valence-electron chi connectivity index (χ4n) is 2.36. The quantitative estimate of drug-likeness (QED) is 0.488. The van der Waals surface area contributed by atoms with Gasteiger partial charge in [-0.1, -0.05) is 25.0 Å². The van der Waals surface area contributed by atoms with Crippen molar-refractivity contribution in [2.75, 3.05) is 0 Å². The van der Waals surface area contributed by atoms with Gasteiger partial charge in [0, 0.05) is 6.20 Å². The molecular weight excluding hydrogens is 278 g/mol. The average molecular weight is 301 g/mol. The minimum absolute atomic E-state index is 0.142. The molecule has 0 amide bonds. The highest BCUT2D eigenvalue weighted by Crippen LogP contribution is 2.20. The van der Waals surface area contributed by atoms with Gasteiger partial charge in [0.15, 0.2) is 6.29 Å². The van der Waals surface area contributed by atoms with Crippen LogP contribution < -0.4 is 0 Å². The molecule has 0 aliphatic carbocycles. The number of aryl methyl sites for hydroxylation is 1. The van der Waals surface area contributed by atoms with Crippen molar-refractivity contribution in [2.45, 2.75) is 69.9 Å². The lowest BCUT2D eigenvalue weighted by Gasteiger charge is -2.38. The van der Waals surface area contributed by atoms with Crippen LogP contribution in [0.2, 0.25) is 0 Å². The van der Waals surface area contributed by atoms with Crippen LogP contribution >= 0.6 is 0 Å². The molecular formula is C13H23N3O5. The van der Waals surface area contributed by atoms with Crippen LogP contribution in [0, 0.1) is 0 Å². The van der Waals surface area contributed by atoms with Crippen molar-refractivity contribution < 1.29 is 25.2 Å². The minimum Gasteiger partial charge on any atom is -0.388 e. The fraction of sp³-hybridized carbons (Fsp3) is 0.846. The molecule has 1 aromatic rings. The van der Waals surface area contributed by atoms with Gasteiger partial charge in [0.2, 0.25) is 0 Å². The molecule has 1 aromatic heterocycles. The number of aliphatic hydroxyl groups is 4. The van der Waals surface area contributed by atoms with Gasteiger partial charge in [0.05, 0.1) is 12.2 Å². The molecule has 5 atom stereocenters. The van der Waals surface area contributed by atoms with E-state index in [0.717, 1.165) is 31.4 Å². The molecule has 0 saturated carbocycles. The number of nitrogens with zero attached hydrogens (tertiary/aromatic N) is 3.